The maximum atomic E-state index is 12.6. The molecule has 1 N–H and O–H groups in total. The highest BCUT2D eigenvalue weighted by Crippen LogP contribution is 2.52. The molecule has 0 saturated heterocycles. The van der Waals surface area contributed by atoms with Crippen molar-refractivity contribution in [2.45, 2.75) is 56.4 Å². The molecule has 0 bridgehead atoms. The number of benzene rings is 2. The first-order valence-corrected chi connectivity index (χ1v) is 12.5. The van der Waals surface area contributed by atoms with E-state index in [9.17, 15) is 13.5 Å². The Kier molecular flexibility index (Phi) is 7.61. The maximum Gasteiger partial charge on any atom is 0.296 e. The van der Waals surface area contributed by atoms with Crippen molar-refractivity contribution in [1.29, 1.82) is 0 Å². The van der Waals surface area contributed by atoms with Crippen LogP contribution in [0.2, 0.25) is 0 Å². The van der Waals surface area contributed by atoms with E-state index < -0.39 is 15.7 Å². The fourth-order valence-electron chi connectivity index (χ4n) is 4.92. The van der Waals surface area contributed by atoms with Gasteiger partial charge in [0.15, 0.2) is 11.5 Å². The summed E-state index contributed by atoms with van der Waals surface area (Å²) in [4.78, 5) is 0.107. The van der Waals surface area contributed by atoms with Crippen molar-refractivity contribution in [3.63, 3.8) is 0 Å². The summed E-state index contributed by atoms with van der Waals surface area (Å²) in [6.45, 7) is 5.85. The zero-order chi connectivity index (χ0) is 24.4. The van der Waals surface area contributed by atoms with Crippen molar-refractivity contribution >= 4 is 10.1 Å². The van der Waals surface area contributed by atoms with Gasteiger partial charge in [-0.15, -0.1) is 0 Å². The van der Waals surface area contributed by atoms with Gasteiger partial charge >= 0.3 is 0 Å². The number of aliphatic hydroxyl groups is 1. The SMILES string of the molecule is COc1cc2c(c(OC)c1OC)CC[C@@](O)(CCOS(=O)(=O)c1ccc(C)cc1)[C@H]2C(C)C. The van der Waals surface area contributed by atoms with Crippen LogP contribution in [-0.2, 0) is 20.7 Å². The average Bonchev–Trinajstić information content (AvgIpc) is 2.77. The van der Waals surface area contributed by atoms with Crippen molar-refractivity contribution in [3.05, 3.63) is 47.0 Å². The predicted molar refractivity (Wildman–Crippen MR) is 126 cm³/mol. The van der Waals surface area contributed by atoms with Crippen molar-refractivity contribution < 1.29 is 31.9 Å². The van der Waals surface area contributed by atoms with Gasteiger partial charge in [-0.25, -0.2) is 0 Å². The van der Waals surface area contributed by atoms with Crippen LogP contribution in [0, 0.1) is 12.8 Å². The van der Waals surface area contributed by atoms with Gasteiger partial charge in [0.05, 0.1) is 38.4 Å². The van der Waals surface area contributed by atoms with Gasteiger partial charge in [-0.05, 0) is 49.4 Å². The van der Waals surface area contributed by atoms with Gasteiger partial charge in [-0.3, -0.25) is 4.18 Å². The Balaban J connectivity index is 1.89. The Morgan fingerprint density at radius 2 is 1.70 bits per heavy atom. The minimum atomic E-state index is -3.90. The summed E-state index contributed by atoms with van der Waals surface area (Å²) in [7, 11) is 0.818. The molecule has 0 heterocycles. The molecule has 1 aliphatic rings. The van der Waals surface area contributed by atoms with Crippen LogP contribution in [0.15, 0.2) is 35.2 Å². The highest BCUT2D eigenvalue weighted by molar-refractivity contribution is 7.86. The molecule has 3 rings (SSSR count). The molecule has 2 atom stereocenters. The lowest BCUT2D eigenvalue weighted by Gasteiger charge is -2.44. The molecule has 0 radical (unpaired) electrons. The van der Waals surface area contributed by atoms with E-state index in [4.69, 9.17) is 18.4 Å². The summed E-state index contributed by atoms with van der Waals surface area (Å²) < 4.78 is 47.2. The fourth-order valence-corrected chi connectivity index (χ4v) is 5.83. The summed E-state index contributed by atoms with van der Waals surface area (Å²) in [6.07, 6.45) is 1.18. The third kappa shape index (κ3) is 4.98. The minimum Gasteiger partial charge on any atom is -0.493 e. The van der Waals surface area contributed by atoms with Gasteiger partial charge in [0.25, 0.3) is 10.1 Å². The Hall–Kier alpha value is -2.29. The molecule has 2 aromatic rings. The Morgan fingerprint density at radius 3 is 2.24 bits per heavy atom. The van der Waals surface area contributed by atoms with Crippen LogP contribution in [0.4, 0.5) is 0 Å². The number of rotatable bonds is 9. The largest absolute Gasteiger partial charge is 0.493 e. The first kappa shape index (κ1) is 25.3. The third-order valence-corrected chi connectivity index (χ3v) is 7.77. The molecule has 0 amide bonds. The van der Waals surface area contributed by atoms with E-state index in [2.05, 4.69) is 0 Å². The minimum absolute atomic E-state index is 0.0746. The highest BCUT2D eigenvalue weighted by atomic mass is 32.2. The monoisotopic (exact) mass is 478 g/mol. The molecule has 2 aromatic carbocycles. The maximum absolute atomic E-state index is 12.6. The van der Waals surface area contributed by atoms with Crippen LogP contribution < -0.4 is 14.2 Å². The van der Waals surface area contributed by atoms with Crippen molar-refractivity contribution in [3.8, 4) is 17.2 Å². The van der Waals surface area contributed by atoms with Gasteiger partial charge < -0.3 is 19.3 Å². The van der Waals surface area contributed by atoms with E-state index in [0.29, 0.717) is 30.1 Å². The Labute approximate surface area is 196 Å². The van der Waals surface area contributed by atoms with Gasteiger partial charge in [0.2, 0.25) is 5.75 Å². The van der Waals surface area contributed by atoms with Crippen molar-refractivity contribution in [1.82, 2.24) is 0 Å². The van der Waals surface area contributed by atoms with Crippen molar-refractivity contribution in [2.24, 2.45) is 5.92 Å². The summed E-state index contributed by atoms with van der Waals surface area (Å²) in [5.74, 6) is 1.48. The molecule has 8 heteroatoms. The van der Waals surface area contributed by atoms with Crippen LogP contribution in [-0.4, -0.2) is 47.1 Å². The normalized spacial score (nSPS) is 20.4. The molecule has 0 unspecified atom stereocenters. The lowest BCUT2D eigenvalue weighted by molar-refractivity contribution is -0.0331. The Bertz CT molecular complexity index is 1080. The molecular formula is C25H34O7S. The summed E-state index contributed by atoms with van der Waals surface area (Å²) in [6, 6.07) is 8.41. The molecule has 0 spiro atoms. The second-order valence-corrected chi connectivity index (χ2v) is 10.5. The molecule has 182 valence electrons. The third-order valence-electron chi connectivity index (χ3n) is 6.44. The van der Waals surface area contributed by atoms with Crippen LogP contribution in [0.25, 0.3) is 0 Å². The molecular weight excluding hydrogens is 444 g/mol. The molecule has 33 heavy (non-hydrogen) atoms. The van der Waals surface area contributed by atoms with Crippen LogP contribution in [0.1, 0.15) is 49.3 Å². The van der Waals surface area contributed by atoms with Gasteiger partial charge in [-0.1, -0.05) is 31.5 Å². The standard InChI is InChI=1S/C25H34O7S/c1-16(2)22-20-15-21(29-4)24(31-6)23(30-5)19(20)11-12-25(22,26)13-14-32-33(27,28)18-9-7-17(3)8-10-18/h7-10,15-16,22,26H,11-14H2,1-6H3/t22-,25+/m0/s1. The molecule has 0 saturated carbocycles. The number of aryl methyl sites for hydroxylation is 1. The number of fused-ring (bicyclic) bond motifs is 1. The van der Waals surface area contributed by atoms with Crippen molar-refractivity contribution in [2.75, 3.05) is 27.9 Å². The number of hydrogen-bond donors (Lipinski definition) is 1. The van der Waals surface area contributed by atoms with Crippen LogP contribution in [0.3, 0.4) is 0 Å². The molecule has 7 nitrogen and oxygen atoms in total. The quantitative estimate of drug-likeness (QED) is 0.539. The first-order valence-electron chi connectivity index (χ1n) is 11.1. The second-order valence-electron chi connectivity index (χ2n) is 8.88. The molecule has 0 fully saturated rings. The summed E-state index contributed by atoms with van der Waals surface area (Å²) in [5.41, 5.74) is 1.72. The number of methoxy groups -OCH3 is 3. The number of ether oxygens (including phenoxy) is 3. The van der Waals surface area contributed by atoms with E-state index in [1.165, 1.54) is 12.1 Å². The average molecular weight is 479 g/mol. The topological polar surface area (TPSA) is 91.3 Å². The summed E-state index contributed by atoms with van der Waals surface area (Å²) in [5, 5.41) is 11.7. The molecule has 0 aromatic heterocycles. The van der Waals surface area contributed by atoms with Gasteiger partial charge in [-0.2, -0.15) is 8.42 Å². The smallest absolute Gasteiger partial charge is 0.296 e. The lowest BCUT2D eigenvalue weighted by atomic mass is 9.65. The fraction of sp³-hybridized carbons (Fsp3) is 0.520. The van der Waals surface area contributed by atoms with Crippen LogP contribution >= 0.6 is 0 Å². The number of hydrogen-bond acceptors (Lipinski definition) is 7. The second kappa shape index (κ2) is 9.91. The van der Waals surface area contributed by atoms with Crippen LogP contribution in [0.5, 0.6) is 17.2 Å². The molecule has 0 aliphatic heterocycles. The van der Waals surface area contributed by atoms with E-state index in [0.717, 1.165) is 16.7 Å². The predicted octanol–water partition coefficient (Wildman–Crippen LogP) is 4.23. The van der Waals surface area contributed by atoms with E-state index in [1.807, 2.05) is 26.8 Å². The summed E-state index contributed by atoms with van der Waals surface area (Å²) >= 11 is 0. The first-order chi connectivity index (χ1) is 15.6. The van der Waals surface area contributed by atoms with Gasteiger partial charge in [0, 0.05) is 17.9 Å². The van der Waals surface area contributed by atoms with E-state index in [-0.39, 0.29) is 29.8 Å². The van der Waals surface area contributed by atoms with E-state index >= 15 is 0 Å². The molecule has 1 aliphatic carbocycles. The van der Waals surface area contributed by atoms with Gasteiger partial charge in [0.1, 0.15) is 0 Å². The highest BCUT2D eigenvalue weighted by Gasteiger charge is 2.45. The van der Waals surface area contributed by atoms with E-state index in [1.54, 1.807) is 33.5 Å². The zero-order valence-corrected chi connectivity index (χ0v) is 21.0. The Morgan fingerprint density at radius 1 is 1.06 bits per heavy atom. The zero-order valence-electron chi connectivity index (χ0n) is 20.2. The lowest BCUT2D eigenvalue weighted by Crippen LogP contribution is -2.44.